The summed E-state index contributed by atoms with van der Waals surface area (Å²) in [5.41, 5.74) is 4.11. The molecule has 1 N–H and O–H groups in total. The second kappa shape index (κ2) is 7.64. The number of benzene rings is 1. The molecule has 1 aromatic carbocycles. The lowest BCUT2D eigenvalue weighted by Crippen LogP contribution is -2.27. The summed E-state index contributed by atoms with van der Waals surface area (Å²) in [6.45, 7) is 3.90. The molecule has 0 fully saturated rings. The summed E-state index contributed by atoms with van der Waals surface area (Å²) >= 11 is 0. The molecule has 0 radical (unpaired) electrons. The molecule has 1 aliphatic carbocycles. The van der Waals surface area contributed by atoms with Crippen LogP contribution in [0.1, 0.15) is 49.0 Å². The van der Waals surface area contributed by atoms with Crippen LogP contribution in [0, 0.1) is 0 Å². The fourth-order valence-corrected chi connectivity index (χ4v) is 3.32. The Labute approximate surface area is 138 Å². The zero-order valence-electron chi connectivity index (χ0n) is 14.2. The molecule has 23 heavy (non-hydrogen) atoms. The Morgan fingerprint density at radius 2 is 2.30 bits per heavy atom. The molecule has 124 valence electrons. The predicted octanol–water partition coefficient (Wildman–Crippen LogP) is 3.42. The number of rotatable bonds is 7. The van der Waals surface area contributed by atoms with Crippen LogP contribution < -0.4 is 10.1 Å². The Balaban J connectivity index is 1.54. The van der Waals surface area contributed by atoms with E-state index in [9.17, 15) is 0 Å². The molecule has 1 aliphatic rings. The van der Waals surface area contributed by atoms with E-state index in [4.69, 9.17) is 4.74 Å². The molecule has 4 nitrogen and oxygen atoms in total. The number of aromatic nitrogens is 2. The first-order valence-corrected chi connectivity index (χ1v) is 8.74. The molecule has 1 atom stereocenters. The Morgan fingerprint density at radius 3 is 3.17 bits per heavy atom. The first-order chi connectivity index (χ1) is 11.3. The highest BCUT2D eigenvalue weighted by molar-refractivity contribution is 5.29. The number of nitrogens with one attached hydrogen (secondary N) is 1. The number of fused-ring (bicyclic) bond motifs is 1. The van der Waals surface area contributed by atoms with Crippen LogP contribution in [0.25, 0.3) is 0 Å². The fourth-order valence-electron chi connectivity index (χ4n) is 3.32. The molecular formula is C19H27N3O. The normalized spacial score (nSPS) is 17.0. The highest BCUT2D eigenvalue weighted by atomic mass is 16.5. The van der Waals surface area contributed by atoms with Gasteiger partial charge in [0.2, 0.25) is 0 Å². The summed E-state index contributed by atoms with van der Waals surface area (Å²) in [7, 11) is 2.04. The maximum absolute atomic E-state index is 5.71. The topological polar surface area (TPSA) is 39.1 Å². The molecule has 2 aromatic rings. The number of aryl methyl sites for hydroxylation is 1. The van der Waals surface area contributed by atoms with Crippen LogP contribution in [-0.4, -0.2) is 22.9 Å². The van der Waals surface area contributed by atoms with Crippen LogP contribution in [0.2, 0.25) is 0 Å². The van der Waals surface area contributed by atoms with Gasteiger partial charge in [-0.25, -0.2) is 0 Å². The van der Waals surface area contributed by atoms with Crippen LogP contribution in [0.3, 0.4) is 0 Å². The van der Waals surface area contributed by atoms with Gasteiger partial charge in [-0.15, -0.1) is 0 Å². The van der Waals surface area contributed by atoms with Crippen molar-refractivity contribution in [2.24, 2.45) is 7.05 Å². The third-order valence-corrected chi connectivity index (χ3v) is 4.55. The zero-order valence-corrected chi connectivity index (χ0v) is 14.2. The highest BCUT2D eigenvalue weighted by Crippen LogP contribution is 2.29. The van der Waals surface area contributed by atoms with Crippen LogP contribution in [0.5, 0.6) is 5.75 Å². The average Bonchev–Trinajstić information content (AvgIpc) is 2.96. The van der Waals surface area contributed by atoms with Crippen molar-refractivity contribution in [3.63, 3.8) is 0 Å². The van der Waals surface area contributed by atoms with E-state index in [2.05, 4.69) is 35.5 Å². The molecule has 0 aliphatic heterocycles. The molecular weight excluding hydrogens is 286 g/mol. The van der Waals surface area contributed by atoms with Gasteiger partial charge in [-0.05, 0) is 56.3 Å². The molecule has 0 saturated heterocycles. The summed E-state index contributed by atoms with van der Waals surface area (Å²) < 4.78 is 7.74. The van der Waals surface area contributed by atoms with Crippen molar-refractivity contribution in [2.45, 2.75) is 45.1 Å². The van der Waals surface area contributed by atoms with E-state index < -0.39 is 0 Å². The van der Waals surface area contributed by atoms with Crippen LogP contribution in [-0.2, 0) is 19.9 Å². The molecule has 3 rings (SSSR count). The number of hydrogen-bond donors (Lipinski definition) is 1. The van der Waals surface area contributed by atoms with Gasteiger partial charge in [-0.2, -0.15) is 5.10 Å². The Hall–Kier alpha value is -1.81. The van der Waals surface area contributed by atoms with Gasteiger partial charge in [-0.1, -0.05) is 19.1 Å². The van der Waals surface area contributed by atoms with Gasteiger partial charge in [0, 0.05) is 24.3 Å². The monoisotopic (exact) mass is 313 g/mol. The predicted molar refractivity (Wildman–Crippen MR) is 92.8 cm³/mol. The molecule has 4 heteroatoms. The Kier molecular flexibility index (Phi) is 5.34. The van der Waals surface area contributed by atoms with Gasteiger partial charge >= 0.3 is 0 Å². The van der Waals surface area contributed by atoms with E-state index in [0.717, 1.165) is 38.2 Å². The van der Waals surface area contributed by atoms with Crippen LogP contribution in [0.4, 0.5) is 0 Å². The summed E-state index contributed by atoms with van der Waals surface area (Å²) in [6, 6.07) is 8.91. The third kappa shape index (κ3) is 3.94. The second-order valence-electron chi connectivity index (χ2n) is 6.32. The van der Waals surface area contributed by atoms with E-state index in [0.29, 0.717) is 6.04 Å². The van der Waals surface area contributed by atoms with Gasteiger partial charge in [0.1, 0.15) is 5.75 Å². The maximum atomic E-state index is 5.71. The number of hydrogen-bond acceptors (Lipinski definition) is 3. The molecule has 0 amide bonds. The molecule has 0 saturated carbocycles. The van der Waals surface area contributed by atoms with Crippen molar-refractivity contribution in [2.75, 3.05) is 13.2 Å². The van der Waals surface area contributed by atoms with Crippen molar-refractivity contribution in [1.82, 2.24) is 15.1 Å². The number of ether oxygens (including phenoxy) is 1. The minimum atomic E-state index is 0.451. The summed E-state index contributed by atoms with van der Waals surface area (Å²) in [5.74, 6) is 0.983. The summed E-state index contributed by atoms with van der Waals surface area (Å²) in [6.07, 6.45) is 7.70. The van der Waals surface area contributed by atoms with Gasteiger partial charge < -0.3 is 10.1 Å². The number of nitrogens with zero attached hydrogens (tertiary/aromatic N) is 2. The van der Waals surface area contributed by atoms with Gasteiger partial charge in [-0.3, -0.25) is 4.68 Å². The van der Waals surface area contributed by atoms with E-state index in [1.165, 1.54) is 29.7 Å². The van der Waals surface area contributed by atoms with Crippen molar-refractivity contribution >= 4 is 0 Å². The summed E-state index contributed by atoms with van der Waals surface area (Å²) in [5, 5.41) is 8.12. The van der Waals surface area contributed by atoms with Gasteiger partial charge in [0.05, 0.1) is 12.8 Å². The standard InChI is InChI=1S/C19H27N3O/c1-3-12-23-16-7-4-6-15(13-16)10-11-20-18-8-5-9-19-17(18)14-21-22(19)2/h4,6-7,13-14,18,20H,3,5,8-12H2,1-2H3. The molecule has 1 aromatic heterocycles. The smallest absolute Gasteiger partial charge is 0.119 e. The molecule has 1 unspecified atom stereocenters. The minimum absolute atomic E-state index is 0.451. The van der Waals surface area contributed by atoms with Gasteiger partial charge in [0.25, 0.3) is 0 Å². The molecule has 0 bridgehead atoms. The van der Waals surface area contributed by atoms with E-state index in [1.54, 1.807) is 0 Å². The SMILES string of the molecule is CCCOc1cccc(CCNC2CCCc3c2cnn3C)c1. The Morgan fingerprint density at radius 1 is 1.39 bits per heavy atom. The van der Waals surface area contributed by atoms with Crippen LogP contribution >= 0.6 is 0 Å². The Bertz CT molecular complexity index is 635. The average molecular weight is 313 g/mol. The third-order valence-electron chi connectivity index (χ3n) is 4.55. The molecule has 1 heterocycles. The van der Waals surface area contributed by atoms with E-state index in [-0.39, 0.29) is 0 Å². The van der Waals surface area contributed by atoms with Crippen molar-refractivity contribution in [1.29, 1.82) is 0 Å². The van der Waals surface area contributed by atoms with E-state index in [1.807, 2.05) is 24.0 Å². The lowest BCUT2D eigenvalue weighted by molar-refractivity contribution is 0.317. The largest absolute Gasteiger partial charge is 0.494 e. The second-order valence-corrected chi connectivity index (χ2v) is 6.32. The first-order valence-electron chi connectivity index (χ1n) is 8.74. The zero-order chi connectivity index (χ0) is 16.1. The lowest BCUT2D eigenvalue weighted by atomic mass is 9.93. The maximum Gasteiger partial charge on any atom is 0.119 e. The van der Waals surface area contributed by atoms with Crippen molar-refractivity contribution in [3.8, 4) is 5.75 Å². The van der Waals surface area contributed by atoms with Crippen molar-refractivity contribution in [3.05, 3.63) is 47.3 Å². The highest BCUT2D eigenvalue weighted by Gasteiger charge is 2.22. The summed E-state index contributed by atoms with van der Waals surface area (Å²) in [4.78, 5) is 0. The lowest BCUT2D eigenvalue weighted by Gasteiger charge is -2.24. The minimum Gasteiger partial charge on any atom is -0.494 e. The van der Waals surface area contributed by atoms with E-state index >= 15 is 0 Å². The van der Waals surface area contributed by atoms with Gasteiger partial charge in [0.15, 0.2) is 0 Å². The van der Waals surface area contributed by atoms with Crippen LogP contribution in [0.15, 0.2) is 30.5 Å². The van der Waals surface area contributed by atoms with Crippen molar-refractivity contribution < 1.29 is 4.74 Å². The quantitative estimate of drug-likeness (QED) is 0.851. The first kappa shape index (κ1) is 16.1. The molecule has 0 spiro atoms. The fraction of sp³-hybridized carbons (Fsp3) is 0.526.